The standard InChI is InChI=1S/C17H24N4O2S2/c1-6-11-7-12-15(18-10-19-16(12)25-11)24-9-14(23)21(5)8-13(22)20-17(2,3)4/h7,10H,6,8-9H2,1-5H3,(H,20,22). The largest absolute Gasteiger partial charge is 0.350 e. The quantitative estimate of drug-likeness (QED) is 0.616. The summed E-state index contributed by atoms with van der Waals surface area (Å²) in [5.41, 5.74) is -0.307. The summed E-state index contributed by atoms with van der Waals surface area (Å²) >= 11 is 3.04. The fourth-order valence-corrected chi connectivity index (χ4v) is 4.09. The summed E-state index contributed by atoms with van der Waals surface area (Å²) in [4.78, 5) is 36.5. The lowest BCUT2D eigenvalue weighted by molar-refractivity contribution is -0.133. The van der Waals surface area contributed by atoms with Crippen molar-refractivity contribution < 1.29 is 9.59 Å². The van der Waals surface area contributed by atoms with E-state index in [2.05, 4.69) is 28.3 Å². The van der Waals surface area contributed by atoms with Gasteiger partial charge in [-0.1, -0.05) is 18.7 Å². The van der Waals surface area contributed by atoms with Crippen LogP contribution in [-0.2, 0) is 16.0 Å². The first-order valence-corrected chi connectivity index (χ1v) is 9.91. The minimum absolute atomic E-state index is 0.0499. The number of thiophene rings is 1. The monoisotopic (exact) mass is 380 g/mol. The lowest BCUT2D eigenvalue weighted by Gasteiger charge is -2.23. The van der Waals surface area contributed by atoms with Crippen molar-refractivity contribution in [1.29, 1.82) is 0 Å². The van der Waals surface area contributed by atoms with E-state index in [9.17, 15) is 9.59 Å². The van der Waals surface area contributed by atoms with Gasteiger partial charge in [-0.15, -0.1) is 11.3 Å². The molecule has 0 bridgehead atoms. The Morgan fingerprint density at radius 3 is 2.68 bits per heavy atom. The summed E-state index contributed by atoms with van der Waals surface area (Å²) in [5, 5.41) is 4.66. The number of nitrogens with one attached hydrogen (secondary N) is 1. The molecule has 2 rings (SSSR count). The van der Waals surface area contributed by atoms with Crippen molar-refractivity contribution in [2.45, 2.75) is 44.7 Å². The highest BCUT2D eigenvalue weighted by atomic mass is 32.2. The molecule has 0 saturated carbocycles. The van der Waals surface area contributed by atoms with Crippen LogP contribution in [0.2, 0.25) is 0 Å². The average molecular weight is 381 g/mol. The van der Waals surface area contributed by atoms with E-state index in [-0.39, 0.29) is 29.7 Å². The maximum absolute atomic E-state index is 12.3. The van der Waals surface area contributed by atoms with E-state index in [0.717, 1.165) is 21.7 Å². The van der Waals surface area contributed by atoms with Gasteiger partial charge in [-0.2, -0.15) is 0 Å². The third-order valence-electron chi connectivity index (χ3n) is 3.35. The lowest BCUT2D eigenvalue weighted by atomic mass is 10.1. The Labute approximate surface area is 156 Å². The highest BCUT2D eigenvalue weighted by molar-refractivity contribution is 8.00. The number of amides is 2. The molecule has 2 amide bonds. The topological polar surface area (TPSA) is 75.2 Å². The minimum Gasteiger partial charge on any atom is -0.350 e. The van der Waals surface area contributed by atoms with Crippen LogP contribution in [-0.4, -0.2) is 51.6 Å². The third-order valence-corrected chi connectivity index (χ3v) is 5.52. The van der Waals surface area contributed by atoms with Crippen LogP contribution >= 0.6 is 23.1 Å². The van der Waals surface area contributed by atoms with Crippen molar-refractivity contribution in [3.63, 3.8) is 0 Å². The average Bonchev–Trinajstić information content (AvgIpc) is 2.94. The molecule has 0 aliphatic heterocycles. The number of carbonyl (C=O) groups excluding carboxylic acids is 2. The molecule has 2 aromatic heterocycles. The highest BCUT2D eigenvalue weighted by Gasteiger charge is 2.18. The number of rotatable bonds is 6. The molecule has 0 saturated heterocycles. The molecule has 0 atom stereocenters. The third kappa shape index (κ3) is 5.67. The van der Waals surface area contributed by atoms with E-state index in [1.807, 2.05) is 20.8 Å². The first-order chi connectivity index (χ1) is 11.7. The number of carbonyl (C=O) groups is 2. The zero-order valence-electron chi connectivity index (χ0n) is 15.3. The Morgan fingerprint density at radius 2 is 2.04 bits per heavy atom. The van der Waals surface area contributed by atoms with Crippen LogP contribution in [0.5, 0.6) is 0 Å². The van der Waals surface area contributed by atoms with Crippen LogP contribution in [0.1, 0.15) is 32.6 Å². The maximum atomic E-state index is 12.3. The summed E-state index contributed by atoms with van der Waals surface area (Å²) in [7, 11) is 1.64. The van der Waals surface area contributed by atoms with Crippen molar-refractivity contribution in [2.24, 2.45) is 0 Å². The Balaban J connectivity index is 1.95. The van der Waals surface area contributed by atoms with Crippen molar-refractivity contribution in [3.8, 4) is 0 Å². The molecule has 8 heteroatoms. The molecule has 25 heavy (non-hydrogen) atoms. The summed E-state index contributed by atoms with van der Waals surface area (Å²) in [6.45, 7) is 7.89. The van der Waals surface area contributed by atoms with Crippen LogP contribution in [0.4, 0.5) is 0 Å². The number of thioether (sulfide) groups is 1. The Hall–Kier alpha value is -1.67. The first-order valence-electron chi connectivity index (χ1n) is 8.11. The van der Waals surface area contributed by atoms with Gasteiger partial charge in [-0.05, 0) is 33.3 Å². The second-order valence-electron chi connectivity index (χ2n) is 6.80. The second kappa shape index (κ2) is 8.14. The SMILES string of the molecule is CCc1cc2c(SCC(=O)N(C)CC(=O)NC(C)(C)C)ncnc2s1. The number of fused-ring (bicyclic) bond motifs is 1. The van der Waals surface area contributed by atoms with Gasteiger partial charge in [0.25, 0.3) is 0 Å². The van der Waals surface area contributed by atoms with Crippen molar-refractivity contribution in [1.82, 2.24) is 20.2 Å². The molecule has 2 heterocycles. The fraction of sp³-hybridized carbons (Fsp3) is 0.529. The number of aryl methyl sites for hydroxylation is 1. The van der Waals surface area contributed by atoms with E-state index < -0.39 is 0 Å². The van der Waals surface area contributed by atoms with E-state index in [4.69, 9.17) is 0 Å². The maximum Gasteiger partial charge on any atom is 0.240 e. The number of hydrogen-bond acceptors (Lipinski definition) is 6. The van der Waals surface area contributed by atoms with Crippen LogP contribution in [0, 0.1) is 0 Å². The molecule has 0 radical (unpaired) electrons. The van der Waals surface area contributed by atoms with Crippen molar-refractivity contribution >= 4 is 45.1 Å². The van der Waals surface area contributed by atoms with Gasteiger partial charge in [0.05, 0.1) is 12.3 Å². The number of nitrogens with zero attached hydrogens (tertiary/aromatic N) is 3. The van der Waals surface area contributed by atoms with E-state index in [0.29, 0.717) is 0 Å². The second-order valence-corrected chi connectivity index (χ2v) is 8.88. The Morgan fingerprint density at radius 1 is 1.32 bits per heavy atom. The smallest absolute Gasteiger partial charge is 0.240 e. The van der Waals surface area contributed by atoms with Crippen LogP contribution in [0.15, 0.2) is 17.4 Å². The molecule has 1 N–H and O–H groups in total. The molecule has 0 fully saturated rings. The van der Waals surface area contributed by atoms with Gasteiger partial charge in [0.15, 0.2) is 0 Å². The molecular weight excluding hydrogens is 356 g/mol. The first kappa shape index (κ1) is 19.7. The van der Waals surface area contributed by atoms with Gasteiger partial charge < -0.3 is 10.2 Å². The molecule has 0 spiro atoms. The van der Waals surface area contributed by atoms with E-state index in [1.165, 1.54) is 27.9 Å². The van der Waals surface area contributed by atoms with Gasteiger partial charge in [-0.3, -0.25) is 9.59 Å². The summed E-state index contributed by atoms with van der Waals surface area (Å²) < 4.78 is 0. The Bertz CT molecular complexity index is 768. The van der Waals surface area contributed by atoms with Gasteiger partial charge in [0.2, 0.25) is 11.8 Å². The van der Waals surface area contributed by atoms with Crippen molar-refractivity contribution in [3.05, 3.63) is 17.3 Å². The van der Waals surface area contributed by atoms with E-state index in [1.54, 1.807) is 18.4 Å². The molecule has 6 nitrogen and oxygen atoms in total. The van der Waals surface area contributed by atoms with Crippen LogP contribution in [0.25, 0.3) is 10.2 Å². The summed E-state index contributed by atoms with van der Waals surface area (Å²) in [6.07, 6.45) is 2.49. The predicted molar refractivity (Wildman–Crippen MR) is 103 cm³/mol. The number of aromatic nitrogens is 2. The summed E-state index contributed by atoms with van der Waals surface area (Å²) in [5.74, 6) is -0.0297. The zero-order valence-corrected chi connectivity index (χ0v) is 16.9. The van der Waals surface area contributed by atoms with Gasteiger partial charge >= 0.3 is 0 Å². The molecule has 0 aliphatic carbocycles. The number of likely N-dealkylation sites (N-methyl/N-ethyl adjacent to an activating group) is 1. The van der Waals surface area contributed by atoms with Gasteiger partial charge in [0, 0.05) is 22.8 Å². The fourth-order valence-electron chi connectivity index (χ4n) is 2.17. The zero-order chi connectivity index (χ0) is 18.6. The van der Waals surface area contributed by atoms with Gasteiger partial charge in [-0.25, -0.2) is 9.97 Å². The molecule has 0 unspecified atom stereocenters. The number of hydrogen-bond donors (Lipinski definition) is 1. The summed E-state index contributed by atoms with van der Waals surface area (Å²) in [6, 6.07) is 2.09. The normalized spacial score (nSPS) is 11.6. The van der Waals surface area contributed by atoms with Crippen LogP contribution < -0.4 is 5.32 Å². The molecule has 0 aromatic carbocycles. The molecule has 2 aromatic rings. The molecule has 136 valence electrons. The van der Waals surface area contributed by atoms with Gasteiger partial charge in [0.1, 0.15) is 16.2 Å². The van der Waals surface area contributed by atoms with Crippen molar-refractivity contribution in [2.75, 3.05) is 19.3 Å². The highest BCUT2D eigenvalue weighted by Crippen LogP contribution is 2.30. The Kier molecular flexibility index (Phi) is 6.40. The predicted octanol–water partition coefficient (Wildman–Crippen LogP) is 2.72. The molecular formula is C17H24N4O2S2. The van der Waals surface area contributed by atoms with Crippen LogP contribution in [0.3, 0.4) is 0 Å². The van der Waals surface area contributed by atoms with E-state index >= 15 is 0 Å². The minimum atomic E-state index is -0.307. The lowest BCUT2D eigenvalue weighted by Crippen LogP contribution is -2.46. The molecule has 0 aliphatic rings.